The first-order valence-electron chi connectivity index (χ1n) is 5.69. The van der Waals surface area contributed by atoms with E-state index in [9.17, 15) is 4.79 Å². The molecule has 4 N–H and O–H groups in total. The summed E-state index contributed by atoms with van der Waals surface area (Å²) in [5.74, 6) is 0.153. The van der Waals surface area contributed by atoms with Gasteiger partial charge in [-0.25, -0.2) is 0 Å². The van der Waals surface area contributed by atoms with Crippen LogP contribution < -0.4 is 11.5 Å². The van der Waals surface area contributed by atoms with E-state index in [0.29, 0.717) is 6.41 Å². The molecule has 3 atom stereocenters. The third-order valence-electron chi connectivity index (χ3n) is 2.81. The summed E-state index contributed by atoms with van der Waals surface area (Å²) in [4.78, 5) is 15.4. The second kappa shape index (κ2) is 7.10. The van der Waals surface area contributed by atoms with Gasteiger partial charge in [0, 0.05) is 20.4 Å². The summed E-state index contributed by atoms with van der Waals surface area (Å²) in [6, 6.07) is 0. The average Bonchev–Trinajstić information content (AvgIpc) is 2.85. The molecule has 0 bridgehead atoms. The molecule has 1 amide bonds. The topological polar surface area (TPSA) is 103 Å². The molecule has 0 radical (unpaired) electrons. The van der Waals surface area contributed by atoms with Gasteiger partial charge in [-0.1, -0.05) is 0 Å². The van der Waals surface area contributed by atoms with Crippen molar-refractivity contribution in [3.8, 4) is 0 Å². The van der Waals surface area contributed by atoms with Gasteiger partial charge in [0.15, 0.2) is 0 Å². The van der Waals surface area contributed by atoms with Gasteiger partial charge in [0.1, 0.15) is 18.3 Å². The van der Waals surface area contributed by atoms with E-state index in [1.165, 1.54) is 0 Å². The Kier molecular flexibility index (Phi) is 5.76. The fraction of sp³-hybridized carbons (Fsp3) is 0.636. The number of carbonyl (C=O) groups excluding carboxylic acids is 1. The summed E-state index contributed by atoms with van der Waals surface area (Å²) in [5.41, 5.74) is 11.2. The number of aliphatic imine (C=N–C) groups is 1. The molecule has 18 heavy (non-hydrogen) atoms. The molecule has 0 aromatic rings. The van der Waals surface area contributed by atoms with Crippen molar-refractivity contribution in [3.05, 3.63) is 12.3 Å². The molecule has 0 aromatic carbocycles. The molecule has 1 rings (SSSR count). The van der Waals surface area contributed by atoms with Crippen LogP contribution in [0.15, 0.2) is 17.3 Å². The van der Waals surface area contributed by atoms with Crippen molar-refractivity contribution in [3.63, 3.8) is 0 Å². The first-order valence-corrected chi connectivity index (χ1v) is 5.69. The smallest absolute Gasteiger partial charge is 0.234 e. The number of nitrogens with zero attached hydrogens (tertiary/aromatic N) is 2. The van der Waals surface area contributed by atoms with E-state index in [1.807, 2.05) is 11.9 Å². The van der Waals surface area contributed by atoms with E-state index < -0.39 is 6.23 Å². The number of hydrogen-bond acceptors (Lipinski definition) is 5. The monoisotopic (exact) mass is 256 g/mol. The van der Waals surface area contributed by atoms with Gasteiger partial charge in [0.25, 0.3) is 0 Å². The Morgan fingerprint density at radius 3 is 2.94 bits per heavy atom. The minimum Gasteiger partial charge on any atom is -0.384 e. The predicted molar refractivity (Wildman–Crippen MR) is 67.5 cm³/mol. The van der Waals surface area contributed by atoms with Crippen LogP contribution >= 0.6 is 0 Å². The third-order valence-corrected chi connectivity index (χ3v) is 2.81. The van der Waals surface area contributed by atoms with Crippen LogP contribution in [-0.4, -0.2) is 49.9 Å². The van der Waals surface area contributed by atoms with Crippen LogP contribution in [0.1, 0.15) is 12.8 Å². The summed E-state index contributed by atoms with van der Waals surface area (Å²) in [6.07, 6.45) is 4.78. The van der Waals surface area contributed by atoms with Crippen molar-refractivity contribution >= 4 is 12.2 Å². The number of amides is 1. The summed E-state index contributed by atoms with van der Waals surface area (Å²) in [5, 5.41) is 0. The Hall–Kier alpha value is -1.44. The van der Waals surface area contributed by atoms with Gasteiger partial charge >= 0.3 is 0 Å². The minimum atomic E-state index is -0.408. The normalized spacial score (nSPS) is 26.5. The van der Waals surface area contributed by atoms with Crippen LogP contribution in [0.4, 0.5) is 0 Å². The van der Waals surface area contributed by atoms with E-state index in [0.717, 1.165) is 12.8 Å². The van der Waals surface area contributed by atoms with Crippen molar-refractivity contribution in [2.45, 2.75) is 31.4 Å². The van der Waals surface area contributed by atoms with Crippen molar-refractivity contribution < 1.29 is 14.3 Å². The zero-order valence-corrected chi connectivity index (χ0v) is 10.7. The van der Waals surface area contributed by atoms with Crippen molar-refractivity contribution in [1.29, 1.82) is 0 Å². The Balaban J connectivity index is 2.47. The number of nitrogens with two attached hydrogens (primary N) is 2. The average molecular weight is 256 g/mol. The predicted octanol–water partition coefficient (Wildman–Crippen LogP) is -0.618. The summed E-state index contributed by atoms with van der Waals surface area (Å²) in [6.45, 7) is 0. The standard InChI is InChI=1S/C11H20N4O3/c1-15(6-5-9(12)14-7-16)10-4-3-8(18-10)11(13)17-2/h5-8,10-11H,3-4,13H2,1-2H3,(H2,12,14,16)/b6-5-. The Bertz CT molecular complexity index is 332. The fourth-order valence-electron chi connectivity index (χ4n) is 1.73. The molecule has 0 aromatic heterocycles. The van der Waals surface area contributed by atoms with Crippen LogP contribution in [0.5, 0.6) is 0 Å². The van der Waals surface area contributed by atoms with Crippen LogP contribution in [0.3, 0.4) is 0 Å². The largest absolute Gasteiger partial charge is 0.384 e. The molecule has 0 aliphatic carbocycles. The zero-order valence-electron chi connectivity index (χ0n) is 10.7. The van der Waals surface area contributed by atoms with E-state index in [1.54, 1.807) is 19.4 Å². The maximum atomic E-state index is 10.1. The van der Waals surface area contributed by atoms with Crippen molar-refractivity contribution in [2.75, 3.05) is 14.2 Å². The highest BCUT2D eigenvalue weighted by molar-refractivity contribution is 5.95. The SMILES string of the molecule is COC(N)C1CCC(N(C)/C=C\C(N)=NC=O)O1. The Morgan fingerprint density at radius 2 is 2.33 bits per heavy atom. The molecule has 3 unspecified atom stereocenters. The van der Waals surface area contributed by atoms with E-state index in [-0.39, 0.29) is 18.2 Å². The van der Waals surface area contributed by atoms with Gasteiger partial charge in [-0.3, -0.25) is 4.79 Å². The lowest BCUT2D eigenvalue weighted by molar-refractivity contribution is -0.106. The van der Waals surface area contributed by atoms with E-state index in [2.05, 4.69) is 4.99 Å². The van der Waals surface area contributed by atoms with Gasteiger partial charge in [-0.05, 0) is 18.9 Å². The van der Waals surface area contributed by atoms with Crippen LogP contribution in [-0.2, 0) is 14.3 Å². The number of carbonyl (C=O) groups is 1. The second-order valence-electron chi connectivity index (χ2n) is 4.05. The summed E-state index contributed by atoms with van der Waals surface area (Å²) >= 11 is 0. The highest BCUT2D eigenvalue weighted by Gasteiger charge is 2.31. The van der Waals surface area contributed by atoms with Gasteiger partial charge in [-0.2, -0.15) is 4.99 Å². The lowest BCUT2D eigenvalue weighted by Crippen LogP contribution is -2.38. The van der Waals surface area contributed by atoms with Gasteiger partial charge in [0.2, 0.25) is 6.41 Å². The first kappa shape index (κ1) is 14.6. The van der Waals surface area contributed by atoms with Crippen LogP contribution in [0, 0.1) is 0 Å². The van der Waals surface area contributed by atoms with E-state index in [4.69, 9.17) is 20.9 Å². The van der Waals surface area contributed by atoms with Crippen molar-refractivity contribution in [2.24, 2.45) is 16.5 Å². The fourth-order valence-corrected chi connectivity index (χ4v) is 1.73. The maximum Gasteiger partial charge on any atom is 0.234 e. The highest BCUT2D eigenvalue weighted by atomic mass is 16.6. The molecule has 1 heterocycles. The zero-order chi connectivity index (χ0) is 13.5. The Labute approximate surface area is 106 Å². The molecule has 1 fully saturated rings. The molecular weight excluding hydrogens is 236 g/mol. The van der Waals surface area contributed by atoms with E-state index >= 15 is 0 Å². The lowest BCUT2D eigenvalue weighted by Gasteiger charge is -2.24. The van der Waals surface area contributed by atoms with Crippen molar-refractivity contribution in [1.82, 2.24) is 4.90 Å². The maximum absolute atomic E-state index is 10.1. The summed E-state index contributed by atoms with van der Waals surface area (Å²) < 4.78 is 10.8. The molecule has 7 heteroatoms. The number of rotatable bonds is 6. The lowest BCUT2D eigenvalue weighted by atomic mass is 10.2. The first-order chi connectivity index (χ1) is 8.58. The quantitative estimate of drug-likeness (QED) is 0.284. The van der Waals surface area contributed by atoms with Crippen LogP contribution in [0.25, 0.3) is 0 Å². The minimum absolute atomic E-state index is 0.0727. The molecule has 7 nitrogen and oxygen atoms in total. The molecule has 1 aliphatic rings. The number of methoxy groups -OCH3 is 1. The molecule has 1 aliphatic heterocycles. The molecule has 0 saturated carbocycles. The highest BCUT2D eigenvalue weighted by Crippen LogP contribution is 2.23. The van der Waals surface area contributed by atoms with Gasteiger partial charge in [-0.15, -0.1) is 0 Å². The van der Waals surface area contributed by atoms with Gasteiger partial charge in [0.05, 0.1) is 6.10 Å². The molecule has 1 saturated heterocycles. The molecule has 0 spiro atoms. The van der Waals surface area contributed by atoms with Gasteiger partial charge < -0.3 is 25.8 Å². The third kappa shape index (κ3) is 4.10. The Morgan fingerprint density at radius 1 is 1.61 bits per heavy atom. The van der Waals surface area contributed by atoms with Crippen LogP contribution in [0.2, 0.25) is 0 Å². The molecular formula is C11H20N4O3. The summed E-state index contributed by atoms with van der Waals surface area (Å²) in [7, 11) is 3.41. The number of ether oxygens (including phenoxy) is 2. The number of hydrogen-bond donors (Lipinski definition) is 2. The number of amidine groups is 1. The molecule has 102 valence electrons. The second-order valence-corrected chi connectivity index (χ2v) is 4.05.